The molecule has 0 fully saturated rings. The fourth-order valence-corrected chi connectivity index (χ4v) is 1.79. The Labute approximate surface area is 88.5 Å². The van der Waals surface area contributed by atoms with Crippen molar-refractivity contribution in [3.05, 3.63) is 11.5 Å². The van der Waals surface area contributed by atoms with Gasteiger partial charge in [0.25, 0.3) is 9.04 Å². The zero-order valence-electron chi connectivity index (χ0n) is 8.43. The Kier molecular flexibility index (Phi) is 3.72. The first kappa shape index (κ1) is 12.0. The van der Waals surface area contributed by atoms with Crippen molar-refractivity contribution in [1.82, 2.24) is 0 Å². The Balaban J connectivity index is 2.87. The Hall–Kier alpha value is -1.05. The van der Waals surface area contributed by atoms with Gasteiger partial charge in [0.05, 0.1) is 6.61 Å². The molecule has 85 valence electrons. The van der Waals surface area contributed by atoms with Crippen LogP contribution in [0.4, 0.5) is 0 Å². The molecule has 0 aromatic rings. The zero-order valence-corrected chi connectivity index (χ0v) is 9.43. The maximum atomic E-state index is 11.0. The van der Waals surface area contributed by atoms with E-state index in [1.54, 1.807) is 13.1 Å². The minimum absolute atomic E-state index is 0.0829. The van der Waals surface area contributed by atoms with Crippen LogP contribution >= 0.6 is 0 Å². The number of hydrogen-bond acceptors (Lipinski definition) is 6. The topological polar surface area (TPSA) is 96.2 Å². The molecule has 3 N–H and O–H groups in total. The number of ether oxygens (including phenoxy) is 1. The van der Waals surface area contributed by atoms with Crippen molar-refractivity contribution >= 4 is 15.0 Å². The largest absolute Gasteiger partial charge is 0.540 e. The molecule has 1 radical (unpaired) electrons. The van der Waals surface area contributed by atoms with Gasteiger partial charge in [-0.15, -0.1) is 0 Å². The maximum Gasteiger partial charge on any atom is 0.377 e. The van der Waals surface area contributed by atoms with E-state index in [1.807, 2.05) is 0 Å². The van der Waals surface area contributed by atoms with E-state index in [4.69, 9.17) is 9.53 Å². The summed E-state index contributed by atoms with van der Waals surface area (Å²) in [5.74, 6) is -1.65. The highest BCUT2D eigenvalue weighted by Crippen LogP contribution is 2.25. The van der Waals surface area contributed by atoms with Gasteiger partial charge in [0, 0.05) is 0 Å². The second-order valence-corrected chi connectivity index (χ2v) is 5.32. The quantitative estimate of drug-likeness (QED) is 0.439. The van der Waals surface area contributed by atoms with Gasteiger partial charge in [-0.25, -0.2) is 4.79 Å². The fourth-order valence-electron chi connectivity index (χ4n) is 1.14. The number of cyclic esters (lactones) is 1. The minimum atomic E-state index is -1.28. The maximum absolute atomic E-state index is 11.0. The van der Waals surface area contributed by atoms with Crippen molar-refractivity contribution in [3.8, 4) is 0 Å². The Morgan fingerprint density at radius 3 is 2.67 bits per heavy atom. The molecular formula is C8H13O6Si. The van der Waals surface area contributed by atoms with Gasteiger partial charge < -0.3 is 24.5 Å². The molecule has 0 spiro atoms. The molecule has 0 saturated heterocycles. The van der Waals surface area contributed by atoms with Gasteiger partial charge in [0.1, 0.15) is 6.10 Å². The Morgan fingerprint density at radius 1 is 1.60 bits per heavy atom. The summed E-state index contributed by atoms with van der Waals surface area (Å²) in [6.07, 6.45) is -2.39. The van der Waals surface area contributed by atoms with Crippen LogP contribution < -0.4 is 0 Å². The fraction of sp³-hybridized carbons (Fsp3) is 0.625. The van der Waals surface area contributed by atoms with Gasteiger partial charge in [-0.3, -0.25) is 0 Å². The van der Waals surface area contributed by atoms with E-state index in [0.29, 0.717) is 0 Å². The van der Waals surface area contributed by atoms with Crippen molar-refractivity contribution in [1.29, 1.82) is 0 Å². The number of aliphatic hydroxyl groups is 3. The minimum Gasteiger partial charge on any atom is -0.540 e. The predicted octanol–water partition coefficient (Wildman–Crippen LogP) is -0.698. The predicted molar refractivity (Wildman–Crippen MR) is 51.2 cm³/mol. The summed E-state index contributed by atoms with van der Waals surface area (Å²) in [6.45, 7) is 3.03. The number of carbonyl (C=O) groups excluding carboxylic acids is 1. The van der Waals surface area contributed by atoms with E-state index < -0.39 is 39.6 Å². The number of hydrogen-bond donors (Lipinski definition) is 3. The van der Waals surface area contributed by atoms with Crippen LogP contribution in [-0.2, 0) is 14.0 Å². The van der Waals surface area contributed by atoms with Crippen LogP contribution in [0.3, 0.4) is 0 Å². The van der Waals surface area contributed by atoms with Gasteiger partial charge in [-0.2, -0.15) is 0 Å². The Morgan fingerprint density at radius 2 is 2.20 bits per heavy atom. The molecule has 0 aromatic carbocycles. The summed E-state index contributed by atoms with van der Waals surface area (Å²) in [5, 5.41) is 27.4. The van der Waals surface area contributed by atoms with E-state index in [-0.39, 0.29) is 5.76 Å². The molecule has 1 heterocycles. The lowest BCUT2D eigenvalue weighted by Gasteiger charge is -2.19. The number of carbonyl (C=O) groups is 1. The molecule has 1 rings (SSSR count). The van der Waals surface area contributed by atoms with E-state index in [0.717, 1.165) is 0 Å². The Bertz CT molecular complexity index is 287. The lowest BCUT2D eigenvalue weighted by Crippen LogP contribution is -2.33. The number of rotatable bonds is 4. The normalized spacial score (nSPS) is 23.3. The van der Waals surface area contributed by atoms with Gasteiger partial charge in [-0.1, -0.05) is 0 Å². The van der Waals surface area contributed by atoms with Crippen LogP contribution in [0, 0.1) is 0 Å². The highest BCUT2D eigenvalue weighted by molar-refractivity contribution is 6.48. The van der Waals surface area contributed by atoms with Crippen LogP contribution in [0.5, 0.6) is 0 Å². The molecule has 7 heteroatoms. The molecule has 0 bridgehead atoms. The highest BCUT2D eigenvalue weighted by atomic mass is 28.3. The van der Waals surface area contributed by atoms with Gasteiger partial charge in [0.2, 0.25) is 5.76 Å². The molecule has 0 aromatic heterocycles. The van der Waals surface area contributed by atoms with Crippen LogP contribution in [0.1, 0.15) is 0 Å². The van der Waals surface area contributed by atoms with E-state index in [9.17, 15) is 15.0 Å². The van der Waals surface area contributed by atoms with Gasteiger partial charge in [0.15, 0.2) is 11.9 Å². The van der Waals surface area contributed by atoms with E-state index in [2.05, 4.69) is 4.74 Å². The lowest BCUT2D eigenvalue weighted by molar-refractivity contribution is -0.147. The molecule has 2 atom stereocenters. The summed E-state index contributed by atoms with van der Waals surface area (Å²) in [6, 6.07) is 0. The molecule has 6 nitrogen and oxygen atoms in total. The van der Waals surface area contributed by atoms with Crippen LogP contribution in [0.25, 0.3) is 0 Å². The van der Waals surface area contributed by atoms with Crippen LogP contribution in [0.15, 0.2) is 11.5 Å². The average Bonchev–Trinajstić information content (AvgIpc) is 2.44. The summed E-state index contributed by atoms with van der Waals surface area (Å²) in [7, 11) is -1.19. The molecule has 1 aliphatic rings. The molecule has 15 heavy (non-hydrogen) atoms. The van der Waals surface area contributed by atoms with Crippen molar-refractivity contribution < 1.29 is 29.3 Å². The van der Waals surface area contributed by atoms with Crippen LogP contribution in [-0.4, -0.2) is 49.1 Å². The molecule has 0 saturated carbocycles. The van der Waals surface area contributed by atoms with Crippen molar-refractivity contribution in [3.63, 3.8) is 0 Å². The smallest absolute Gasteiger partial charge is 0.377 e. The summed E-state index contributed by atoms with van der Waals surface area (Å²) < 4.78 is 9.90. The number of esters is 1. The SMILES string of the molecule is C[Si](C)OC1=C(O)C(=O)O[C@@H]1[C@@H](O)CO. The van der Waals surface area contributed by atoms with Gasteiger partial charge >= 0.3 is 5.97 Å². The molecule has 1 aliphatic heterocycles. The zero-order chi connectivity index (χ0) is 11.6. The van der Waals surface area contributed by atoms with Crippen molar-refractivity contribution in [2.24, 2.45) is 0 Å². The molecule has 0 unspecified atom stereocenters. The second kappa shape index (κ2) is 4.64. The molecular weight excluding hydrogens is 220 g/mol. The number of aliphatic hydroxyl groups excluding tert-OH is 3. The van der Waals surface area contributed by atoms with Crippen molar-refractivity contribution in [2.45, 2.75) is 25.3 Å². The monoisotopic (exact) mass is 233 g/mol. The molecule has 0 amide bonds. The lowest BCUT2D eigenvalue weighted by atomic mass is 10.2. The first-order chi connectivity index (χ1) is 6.97. The first-order valence-corrected chi connectivity index (χ1v) is 6.79. The summed E-state index contributed by atoms with van der Waals surface area (Å²) >= 11 is 0. The summed E-state index contributed by atoms with van der Waals surface area (Å²) in [5.41, 5.74) is 0. The van der Waals surface area contributed by atoms with E-state index in [1.165, 1.54) is 0 Å². The third-order valence-electron chi connectivity index (χ3n) is 1.77. The standard InChI is InChI=1S/C8H13O6Si/c1-15(2)14-7-5(11)8(12)13-6(7)4(10)3-9/h4,6,9-11H,3H2,1-2H3/t4-,6+/m0/s1. The third-order valence-corrected chi connectivity index (χ3v) is 2.40. The third kappa shape index (κ3) is 2.49. The first-order valence-electron chi connectivity index (χ1n) is 4.38. The van der Waals surface area contributed by atoms with Crippen molar-refractivity contribution in [2.75, 3.05) is 6.61 Å². The second-order valence-electron chi connectivity index (χ2n) is 3.30. The average molecular weight is 233 g/mol. The molecule has 0 aliphatic carbocycles. The van der Waals surface area contributed by atoms with E-state index >= 15 is 0 Å². The van der Waals surface area contributed by atoms with Gasteiger partial charge in [-0.05, 0) is 13.1 Å². The van der Waals surface area contributed by atoms with Crippen LogP contribution in [0.2, 0.25) is 13.1 Å². The highest BCUT2D eigenvalue weighted by Gasteiger charge is 2.40. The summed E-state index contributed by atoms with van der Waals surface area (Å²) in [4.78, 5) is 11.0.